The lowest BCUT2D eigenvalue weighted by molar-refractivity contribution is -0.386. The smallest absolute Gasteiger partial charge is 0.315 e. The SMILES string of the molecule is CCOc1cc(/C=N/n2c(C)nnc2SCc2ccc(Br)cc2)cc([N+](=O)[O-])c1O. The lowest BCUT2D eigenvalue weighted by Gasteiger charge is -2.07. The standard InChI is InChI=1S/C19H18BrN5O4S/c1-3-29-17-9-14(8-16(18(17)26)25(27)28)10-21-24-12(2)22-23-19(24)30-11-13-4-6-15(20)7-5-13/h4-10,26H,3,11H2,1-2H3/b21-10+. The molecule has 0 fully saturated rings. The number of phenolic OH excluding ortho intramolecular Hbond substituents is 1. The van der Waals surface area contributed by atoms with E-state index in [0.717, 1.165) is 10.0 Å². The van der Waals surface area contributed by atoms with E-state index in [0.29, 0.717) is 22.3 Å². The van der Waals surface area contributed by atoms with Gasteiger partial charge in [-0.2, -0.15) is 9.78 Å². The average molecular weight is 492 g/mol. The minimum atomic E-state index is -0.668. The third-order valence-corrected chi connectivity index (χ3v) is 5.46. The Kier molecular flexibility index (Phi) is 7.06. The van der Waals surface area contributed by atoms with Crippen LogP contribution in [-0.2, 0) is 5.75 Å². The molecule has 0 radical (unpaired) electrons. The summed E-state index contributed by atoms with van der Waals surface area (Å²) in [6.45, 7) is 3.74. The van der Waals surface area contributed by atoms with Gasteiger partial charge in [0.25, 0.3) is 0 Å². The van der Waals surface area contributed by atoms with Gasteiger partial charge in [-0.3, -0.25) is 10.1 Å². The highest BCUT2D eigenvalue weighted by molar-refractivity contribution is 9.10. The Morgan fingerprint density at radius 2 is 2.07 bits per heavy atom. The highest BCUT2D eigenvalue weighted by Crippen LogP contribution is 2.36. The number of aromatic nitrogens is 3. The van der Waals surface area contributed by atoms with E-state index in [2.05, 4.69) is 31.2 Å². The molecule has 0 aliphatic carbocycles. The molecule has 9 nitrogen and oxygen atoms in total. The second-order valence-electron chi connectivity index (χ2n) is 6.08. The van der Waals surface area contributed by atoms with Gasteiger partial charge in [0.05, 0.1) is 17.7 Å². The summed E-state index contributed by atoms with van der Waals surface area (Å²) in [5, 5.41) is 34.4. The number of ether oxygens (including phenoxy) is 1. The molecule has 1 heterocycles. The first-order valence-electron chi connectivity index (χ1n) is 8.86. The maximum atomic E-state index is 11.2. The van der Waals surface area contributed by atoms with Crippen molar-refractivity contribution in [2.75, 3.05) is 6.61 Å². The molecule has 0 saturated heterocycles. The fourth-order valence-corrected chi connectivity index (χ4v) is 3.66. The van der Waals surface area contributed by atoms with Crippen LogP contribution in [0.15, 0.2) is 51.1 Å². The molecule has 0 aliphatic rings. The molecule has 0 unspecified atom stereocenters. The number of aromatic hydroxyl groups is 1. The molecular weight excluding hydrogens is 474 g/mol. The third-order valence-electron chi connectivity index (χ3n) is 3.95. The van der Waals surface area contributed by atoms with Crippen LogP contribution in [0, 0.1) is 17.0 Å². The Balaban J connectivity index is 1.85. The molecule has 2 aromatic carbocycles. The molecule has 0 atom stereocenters. The van der Waals surface area contributed by atoms with Gasteiger partial charge in [0.15, 0.2) is 11.6 Å². The Hall–Kier alpha value is -2.92. The maximum Gasteiger partial charge on any atom is 0.315 e. The zero-order valence-corrected chi connectivity index (χ0v) is 18.6. The van der Waals surface area contributed by atoms with E-state index in [1.54, 1.807) is 18.5 Å². The number of nitro benzene ring substituents is 1. The Morgan fingerprint density at radius 3 is 2.73 bits per heavy atom. The minimum Gasteiger partial charge on any atom is -0.500 e. The second kappa shape index (κ2) is 9.72. The number of nitrogens with zero attached hydrogens (tertiary/aromatic N) is 5. The van der Waals surface area contributed by atoms with Crippen molar-refractivity contribution in [2.45, 2.75) is 24.8 Å². The summed E-state index contributed by atoms with van der Waals surface area (Å²) in [5.41, 5.74) is 1.07. The molecule has 0 bridgehead atoms. The number of benzene rings is 2. The van der Waals surface area contributed by atoms with Crippen LogP contribution in [0.5, 0.6) is 11.5 Å². The molecule has 30 heavy (non-hydrogen) atoms. The first-order valence-corrected chi connectivity index (χ1v) is 10.6. The average Bonchev–Trinajstić information content (AvgIpc) is 3.07. The highest BCUT2D eigenvalue weighted by atomic mass is 79.9. The van der Waals surface area contributed by atoms with Gasteiger partial charge in [-0.25, -0.2) is 0 Å². The monoisotopic (exact) mass is 491 g/mol. The Bertz CT molecular complexity index is 1090. The van der Waals surface area contributed by atoms with E-state index in [9.17, 15) is 15.2 Å². The van der Waals surface area contributed by atoms with E-state index >= 15 is 0 Å². The summed E-state index contributed by atoms with van der Waals surface area (Å²) in [5.74, 6) is 0.770. The van der Waals surface area contributed by atoms with Crippen LogP contribution in [0.1, 0.15) is 23.9 Å². The molecule has 3 rings (SSSR count). The maximum absolute atomic E-state index is 11.2. The number of phenols is 1. The lowest BCUT2D eigenvalue weighted by Crippen LogP contribution is -1.99. The lowest BCUT2D eigenvalue weighted by atomic mass is 10.2. The van der Waals surface area contributed by atoms with Crippen molar-refractivity contribution in [1.29, 1.82) is 0 Å². The van der Waals surface area contributed by atoms with Crippen LogP contribution in [0.25, 0.3) is 0 Å². The zero-order chi connectivity index (χ0) is 21.7. The number of aryl methyl sites for hydroxylation is 1. The van der Waals surface area contributed by atoms with Gasteiger partial charge in [0.1, 0.15) is 0 Å². The van der Waals surface area contributed by atoms with Crippen molar-refractivity contribution in [3.63, 3.8) is 0 Å². The summed E-state index contributed by atoms with van der Waals surface area (Å²) in [7, 11) is 0. The molecule has 1 N–H and O–H groups in total. The Morgan fingerprint density at radius 1 is 1.33 bits per heavy atom. The Labute approximate surface area is 185 Å². The van der Waals surface area contributed by atoms with E-state index < -0.39 is 16.4 Å². The summed E-state index contributed by atoms with van der Waals surface area (Å²) in [4.78, 5) is 10.6. The number of halogens is 1. The van der Waals surface area contributed by atoms with Gasteiger partial charge in [0, 0.05) is 21.9 Å². The summed E-state index contributed by atoms with van der Waals surface area (Å²) >= 11 is 4.88. The number of thioether (sulfide) groups is 1. The summed E-state index contributed by atoms with van der Waals surface area (Å²) in [6.07, 6.45) is 1.44. The van der Waals surface area contributed by atoms with Gasteiger partial charge in [-0.05, 0) is 37.6 Å². The normalized spacial score (nSPS) is 11.2. The van der Waals surface area contributed by atoms with Crippen molar-refractivity contribution < 1.29 is 14.8 Å². The molecule has 3 aromatic rings. The van der Waals surface area contributed by atoms with Gasteiger partial charge in [0.2, 0.25) is 10.9 Å². The van der Waals surface area contributed by atoms with Crippen molar-refractivity contribution in [1.82, 2.24) is 14.9 Å². The van der Waals surface area contributed by atoms with Gasteiger partial charge < -0.3 is 9.84 Å². The summed E-state index contributed by atoms with van der Waals surface area (Å²) < 4.78 is 7.86. The van der Waals surface area contributed by atoms with Crippen molar-refractivity contribution in [3.05, 3.63) is 67.9 Å². The molecule has 1 aromatic heterocycles. The van der Waals surface area contributed by atoms with Crippen LogP contribution >= 0.6 is 27.7 Å². The summed E-state index contributed by atoms with van der Waals surface area (Å²) in [6, 6.07) is 10.7. The van der Waals surface area contributed by atoms with Crippen LogP contribution in [-0.4, -0.2) is 37.7 Å². The number of hydrogen-bond donors (Lipinski definition) is 1. The number of rotatable bonds is 8. The highest BCUT2D eigenvalue weighted by Gasteiger charge is 2.20. The van der Waals surface area contributed by atoms with Crippen molar-refractivity contribution in [2.24, 2.45) is 5.10 Å². The van der Waals surface area contributed by atoms with Gasteiger partial charge in [-0.15, -0.1) is 10.2 Å². The third kappa shape index (κ3) is 5.16. The van der Waals surface area contributed by atoms with Crippen LogP contribution in [0.3, 0.4) is 0 Å². The van der Waals surface area contributed by atoms with Crippen LogP contribution < -0.4 is 4.74 Å². The van der Waals surface area contributed by atoms with E-state index in [1.807, 2.05) is 24.3 Å². The topological polar surface area (TPSA) is 116 Å². The zero-order valence-electron chi connectivity index (χ0n) is 16.1. The van der Waals surface area contributed by atoms with Gasteiger partial charge >= 0.3 is 5.69 Å². The van der Waals surface area contributed by atoms with Crippen LogP contribution in [0.2, 0.25) is 0 Å². The molecule has 0 spiro atoms. The fraction of sp³-hybridized carbons (Fsp3) is 0.211. The van der Waals surface area contributed by atoms with E-state index in [-0.39, 0.29) is 12.4 Å². The minimum absolute atomic E-state index is 0.0264. The van der Waals surface area contributed by atoms with Crippen molar-refractivity contribution >= 4 is 39.6 Å². The molecule has 11 heteroatoms. The van der Waals surface area contributed by atoms with E-state index in [4.69, 9.17) is 4.74 Å². The molecule has 0 saturated carbocycles. The largest absolute Gasteiger partial charge is 0.500 e. The molecular formula is C19H18BrN5O4S. The predicted molar refractivity (Wildman–Crippen MR) is 117 cm³/mol. The molecule has 0 amide bonds. The van der Waals surface area contributed by atoms with E-state index in [1.165, 1.54) is 30.1 Å². The van der Waals surface area contributed by atoms with Crippen LogP contribution in [0.4, 0.5) is 5.69 Å². The fourth-order valence-electron chi connectivity index (χ4n) is 2.51. The molecule has 0 aliphatic heterocycles. The second-order valence-corrected chi connectivity index (χ2v) is 7.94. The first kappa shape index (κ1) is 21.8. The number of hydrogen-bond acceptors (Lipinski definition) is 8. The quantitative estimate of drug-likeness (QED) is 0.213. The van der Waals surface area contributed by atoms with Gasteiger partial charge in [-0.1, -0.05) is 39.8 Å². The predicted octanol–water partition coefficient (Wildman–Crippen LogP) is 4.54. The molecule has 156 valence electrons. The number of nitro groups is 1. The first-order chi connectivity index (χ1) is 14.4. The van der Waals surface area contributed by atoms with Crippen molar-refractivity contribution in [3.8, 4) is 11.5 Å².